The van der Waals surface area contributed by atoms with Gasteiger partial charge in [0.2, 0.25) is 0 Å². The molecule has 9 heavy (non-hydrogen) atoms. The molecule has 3 heteroatoms. The van der Waals surface area contributed by atoms with Crippen molar-refractivity contribution in [2.75, 3.05) is 26.2 Å². The third-order valence-corrected chi connectivity index (χ3v) is 1.09. The van der Waals surface area contributed by atoms with E-state index in [4.69, 9.17) is 5.21 Å². The maximum absolute atomic E-state index is 8.70. The fourth-order valence-corrected chi connectivity index (χ4v) is 0.653. The van der Waals surface area contributed by atoms with Crippen LogP contribution in [0.25, 0.3) is 0 Å². The molecule has 0 unspecified atom stereocenters. The van der Waals surface area contributed by atoms with E-state index in [1.165, 1.54) is 5.06 Å². The molecule has 3 nitrogen and oxygen atoms in total. The molecule has 0 aromatic carbocycles. The van der Waals surface area contributed by atoms with E-state index in [1.807, 2.05) is 0 Å². The first-order valence-electron chi connectivity index (χ1n) is 3.04. The third-order valence-electron chi connectivity index (χ3n) is 1.09. The average molecular weight is 130 g/mol. The molecular formula is C6H14N2O. The van der Waals surface area contributed by atoms with Gasteiger partial charge >= 0.3 is 0 Å². The van der Waals surface area contributed by atoms with E-state index in [2.05, 4.69) is 18.5 Å². The predicted molar refractivity (Wildman–Crippen MR) is 37.5 cm³/mol. The van der Waals surface area contributed by atoms with Crippen LogP contribution in [-0.4, -0.2) is 36.4 Å². The van der Waals surface area contributed by atoms with Crippen LogP contribution in [0.3, 0.4) is 0 Å². The quantitative estimate of drug-likeness (QED) is 0.456. The van der Waals surface area contributed by atoms with Crippen LogP contribution in [-0.2, 0) is 0 Å². The summed E-state index contributed by atoms with van der Waals surface area (Å²) < 4.78 is 0. The summed E-state index contributed by atoms with van der Waals surface area (Å²) in [6, 6.07) is 0. The molecule has 54 valence electrons. The second kappa shape index (κ2) is 5.75. The Morgan fingerprint density at radius 3 is 1.89 bits per heavy atom. The molecule has 1 saturated heterocycles. The van der Waals surface area contributed by atoms with Gasteiger partial charge in [-0.25, -0.2) is 0 Å². The summed E-state index contributed by atoms with van der Waals surface area (Å²) >= 11 is 0. The van der Waals surface area contributed by atoms with Crippen molar-refractivity contribution < 1.29 is 5.21 Å². The Balaban J connectivity index is 0.000000291. The van der Waals surface area contributed by atoms with Gasteiger partial charge in [0.1, 0.15) is 0 Å². The van der Waals surface area contributed by atoms with Crippen molar-refractivity contribution in [3.05, 3.63) is 13.2 Å². The van der Waals surface area contributed by atoms with E-state index in [1.54, 1.807) is 0 Å². The van der Waals surface area contributed by atoms with Crippen molar-refractivity contribution in [3.63, 3.8) is 0 Å². The van der Waals surface area contributed by atoms with Crippen LogP contribution in [0, 0.1) is 0 Å². The van der Waals surface area contributed by atoms with Crippen LogP contribution in [0.2, 0.25) is 0 Å². The molecule has 0 bridgehead atoms. The SMILES string of the molecule is C=C.ON1CCNCC1. The summed E-state index contributed by atoms with van der Waals surface area (Å²) in [6.45, 7) is 9.35. The second-order valence-corrected chi connectivity index (χ2v) is 1.70. The summed E-state index contributed by atoms with van der Waals surface area (Å²) in [5, 5.41) is 13.1. The molecule has 1 fully saturated rings. The smallest absolute Gasteiger partial charge is 0.0363 e. The largest absolute Gasteiger partial charge is 0.314 e. The number of piperazine rings is 1. The fourth-order valence-electron chi connectivity index (χ4n) is 0.653. The maximum atomic E-state index is 8.70. The van der Waals surface area contributed by atoms with Crippen LogP contribution < -0.4 is 5.32 Å². The van der Waals surface area contributed by atoms with Crippen molar-refractivity contribution in [3.8, 4) is 0 Å². The summed E-state index contributed by atoms with van der Waals surface area (Å²) in [6.07, 6.45) is 0. The van der Waals surface area contributed by atoms with E-state index in [9.17, 15) is 0 Å². The van der Waals surface area contributed by atoms with Gasteiger partial charge in [-0.3, -0.25) is 0 Å². The number of rotatable bonds is 0. The molecule has 0 aliphatic carbocycles. The third kappa shape index (κ3) is 4.14. The monoisotopic (exact) mass is 130 g/mol. The molecule has 0 atom stereocenters. The number of hydrogen-bond acceptors (Lipinski definition) is 3. The van der Waals surface area contributed by atoms with Gasteiger partial charge in [0.05, 0.1) is 0 Å². The molecule has 1 aliphatic rings. The Bertz CT molecular complexity index is 62.1. The fraction of sp³-hybridized carbons (Fsp3) is 0.667. The lowest BCUT2D eigenvalue weighted by atomic mass is 10.4. The molecule has 1 aliphatic heterocycles. The lowest BCUT2D eigenvalue weighted by Gasteiger charge is -2.19. The van der Waals surface area contributed by atoms with Crippen molar-refractivity contribution in [2.45, 2.75) is 0 Å². The van der Waals surface area contributed by atoms with Crippen LogP contribution in [0.5, 0.6) is 0 Å². The predicted octanol–water partition coefficient (Wildman–Crippen LogP) is 0.0830. The van der Waals surface area contributed by atoms with Crippen LogP contribution in [0.1, 0.15) is 0 Å². The summed E-state index contributed by atoms with van der Waals surface area (Å²) in [5.41, 5.74) is 0. The standard InChI is InChI=1S/C4H10N2O.C2H4/c7-6-3-1-5-2-4-6;1-2/h5,7H,1-4H2;1-2H2. The Morgan fingerprint density at radius 2 is 1.67 bits per heavy atom. The van der Waals surface area contributed by atoms with Gasteiger partial charge in [-0.05, 0) is 0 Å². The lowest BCUT2D eigenvalue weighted by molar-refractivity contribution is -0.0976. The molecule has 0 aromatic heterocycles. The number of nitrogens with zero attached hydrogens (tertiary/aromatic N) is 1. The highest BCUT2D eigenvalue weighted by Crippen LogP contribution is 1.82. The molecule has 0 aromatic rings. The highest BCUT2D eigenvalue weighted by molar-refractivity contribution is 4.58. The van der Waals surface area contributed by atoms with E-state index >= 15 is 0 Å². The molecule has 0 radical (unpaired) electrons. The average Bonchev–Trinajstić information content (AvgIpc) is 1.94. The molecular weight excluding hydrogens is 116 g/mol. The van der Waals surface area contributed by atoms with Crippen LogP contribution in [0.15, 0.2) is 13.2 Å². The van der Waals surface area contributed by atoms with Crippen molar-refractivity contribution in [1.82, 2.24) is 10.4 Å². The molecule has 1 heterocycles. The van der Waals surface area contributed by atoms with Crippen molar-refractivity contribution in [2.24, 2.45) is 0 Å². The zero-order chi connectivity index (χ0) is 7.11. The number of hydroxylamine groups is 2. The molecule has 2 N–H and O–H groups in total. The van der Waals surface area contributed by atoms with Crippen LogP contribution >= 0.6 is 0 Å². The van der Waals surface area contributed by atoms with E-state index < -0.39 is 0 Å². The van der Waals surface area contributed by atoms with E-state index in [0.29, 0.717) is 0 Å². The summed E-state index contributed by atoms with van der Waals surface area (Å²) in [5.74, 6) is 0. The van der Waals surface area contributed by atoms with Crippen LogP contribution in [0.4, 0.5) is 0 Å². The molecule has 0 spiro atoms. The minimum Gasteiger partial charge on any atom is -0.314 e. The zero-order valence-corrected chi connectivity index (χ0v) is 5.64. The molecule has 0 saturated carbocycles. The van der Waals surface area contributed by atoms with Crippen molar-refractivity contribution in [1.29, 1.82) is 0 Å². The first kappa shape index (κ1) is 8.62. The first-order valence-corrected chi connectivity index (χ1v) is 3.04. The minimum absolute atomic E-state index is 0.764. The van der Waals surface area contributed by atoms with Crippen molar-refractivity contribution >= 4 is 0 Å². The van der Waals surface area contributed by atoms with Gasteiger partial charge in [-0.1, -0.05) is 0 Å². The Kier molecular flexibility index (Phi) is 5.51. The number of nitrogens with one attached hydrogen (secondary N) is 1. The normalized spacial score (nSPS) is 20.1. The second-order valence-electron chi connectivity index (χ2n) is 1.70. The lowest BCUT2D eigenvalue weighted by Crippen LogP contribution is -2.41. The first-order chi connectivity index (χ1) is 4.39. The van der Waals surface area contributed by atoms with Gasteiger partial charge in [-0.2, -0.15) is 5.06 Å². The zero-order valence-electron chi connectivity index (χ0n) is 5.64. The topological polar surface area (TPSA) is 35.5 Å². The van der Waals surface area contributed by atoms with Gasteiger partial charge in [-0.15, -0.1) is 13.2 Å². The Hall–Kier alpha value is -0.380. The molecule has 0 amide bonds. The Labute approximate surface area is 55.9 Å². The van der Waals surface area contributed by atoms with Gasteiger partial charge < -0.3 is 10.5 Å². The highest BCUT2D eigenvalue weighted by Gasteiger charge is 2.03. The number of hydrogen-bond donors (Lipinski definition) is 2. The molecule has 1 rings (SSSR count). The van der Waals surface area contributed by atoms with Gasteiger partial charge in [0.15, 0.2) is 0 Å². The van der Waals surface area contributed by atoms with E-state index in [0.717, 1.165) is 26.2 Å². The van der Waals surface area contributed by atoms with Gasteiger partial charge in [0.25, 0.3) is 0 Å². The van der Waals surface area contributed by atoms with Gasteiger partial charge in [0, 0.05) is 26.2 Å². The highest BCUT2D eigenvalue weighted by atomic mass is 16.5. The van der Waals surface area contributed by atoms with E-state index in [-0.39, 0.29) is 0 Å². The summed E-state index contributed by atoms with van der Waals surface area (Å²) in [4.78, 5) is 0. The Morgan fingerprint density at radius 1 is 1.22 bits per heavy atom. The minimum atomic E-state index is 0.764. The summed E-state index contributed by atoms with van der Waals surface area (Å²) in [7, 11) is 0. The maximum Gasteiger partial charge on any atom is 0.0363 e.